The molecule has 0 aliphatic carbocycles. The monoisotopic (exact) mass is 327 g/mol. The summed E-state index contributed by atoms with van der Waals surface area (Å²) in [4.78, 5) is 9.11. The molecule has 0 saturated heterocycles. The molecule has 7 heteroatoms. The number of aromatic nitrogens is 6. The molecule has 7 nitrogen and oxygen atoms in total. The van der Waals surface area contributed by atoms with E-state index in [4.69, 9.17) is 0 Å². The Kier molecular flexibility index (Phi) is 4.51. The van der Waals surface area contributed by atoms with E-state index in [9.17, 15) is 0 Å². The fourth-order valence-electron chi connectivity index (χ4n) is 2.83. The molecule has 0 aliphatic rings. The van der Waals surface area contributed by atoms with Crippen LogP contribution in [0.1, 0.15) is 57.6 Å². The summed E-state index contributed by atoms with van der Waals surface area (Å²) in [5.41, 5.74) is 1.90. The largest absolute Gasteiger partial charge is 0.360 e. The maximum Gasteiger partial charge on any atom is 0.157 e. The molecule has 3 heterocycles. The molecule has 24 heavy (non-hydrogen) atoms. The van der Waals surface area contributed by atoms with Crippen molar-refractivity contribution in [2.45, 2.75) is 46.1 Å². The van der Waals surface area contributed by atoms with E-state index in [2.05, 4.69) is 59.2 Å². The third-order valence-electron chi connectivity index (χ3n) is 4.06. The van der Waals surface area contributed by atoms with Crippen LogP contribution in [-0.2, 0) is 7.05 Å². The van der Waals surface area contributed by atoms with Crippen LogP contribution in [0.2, 0.25) is 0 Å². The molecule has 3 aromatic rings. The van der Waals surface area contributed by atoms with Crippen LogP contribution in [0.25, 0.3) is 5.65 Å². The molecule has 0 bridgehead atoms. The van der Waals surface area contributed by atoms with Crippen molar-refractivity contribution in [3.63, 3.8) is 0 Å². The van der Waals surface area contributed by atoms with Gasteiger partial charge in [0, 0.05) is 24.9 Å². The van der Waals surface area contributed by atoms with E-state index in [1.54, 1.807) is 12.5 Å². The predicted molar refractivity (Wildman–Crippen MR) is 93.9 cm³/mol. The molecule has 0 spiro atoms. The number of hydrogen-bond acceptors (Lipinski definition) is 5. The van der Waals surface area contributed by atoms with E-state index >= 15 is 0 Å². The van der Waals surface area contributed by atoms with Crippen LogP contribution in [0, 0.1) is 5.92 Å². The van der Waals surface area contributed by atoms with E-state index in [1.807, 2.05) is 22.3 Å². The van der Waals surface area contributed by atoms with Gasteiger partial charge in [-0.2, -0.15) is 14.7 Å². The van der Waals surface area contributed by atoms with Gasteiger partial charge >= 0.3 is 0 Å². The summed E-state index contributed by atoms with van der Waals surface area (Å²) < 4.78 is 3.67. The second-order valence-corrected chi connectivity index (χ2v) is 6.89. The van der Waals surface area contributed by atoms with Crippen molar-refractivity contribution in [2.75, 3.05) is 5.32 Å². The lowest BCUT2D eigenvalue weighted by atomic mass is 10.0. The first kappa shape index (κ1) is 16.4. The van der Waals surface area contributed by atoms with Crippen molar-refractivity contribution in [3.8, 4) is 0 Å². The minimum Gasteiger partial charge on any atom is -0.360 e. The Hall–Kier alpha value is -2.44. The van der Waals surface area contributed by atoms with E-state index < -0.39 is 0 Å². The molecule has 0 saturated carbocycles. The van der Waals surface area contributed by atoms with Crippen LogP contribution in [0.4, 0.5) is 5.82 Å². The Morgan fingerprint density at radius 2 is 1.96 bits per heavy atom. The molecular formula is C17H25N7. The van der Waals surface area contributed by atoms with Crippen LogP contribution in [0.5, 0.6) is 0 Å². The molecule has 0 fully saturated rings. The molecule has 3 aromatic heterocycles. The smallest absolute Gasteiger partial charge is 0.157 e. The molecule has 0 aromatic carbocycles. The van der Waals surface area contributed by atoms with Gasteiger partial charge in [-0.1, -0.05) is 27.7 Å². The van der Waals surface area contributed by atoms with Gasteiger partial charge < -0.3 is 5.32 Å². The van der Waals surface area contributed by atoms with Crippen LogP contribution >= 0.6 is 0 Å². The maximum atomic E-state index is 4.67. The Labute approximate surface area is 142 Å². The van der Waals surface area contributed by atoms with Crippen LogP contribution in [0.3, 0.4) is 0 Å². The highest BCUT2D eigenvalue weighted by molar-refractivity contribution is 5.50. The van der Waals surface area contributed by atoms with E-state index in [0.29, 0.717) is 11.8 Å². The quantitative estimate of drug-likeness (QED) is 0.753. The van der Waals surface area contributed by atoms with E-state index in [1.165, 1.54) is 0 Å². The Morgan fingerprint density at radius 1 is 1.17 bits per heavy atom. The highest BCUT2D eigenvalue weighted by Crippen LogP contribution is 2.26. The molecule has 0 radical (unpaired) electrons. The van der Waals surface area contributed by atoms with Gasteiger partial charge in [-0.15, -0.1) is 0 Å². The van der Waals surface area contributed by atoms with Gasteiger partial charge in [-0.25, -0.2) is 9.97 Å². The second kappa shape index (κ2) is 6.59. The topological polar surface area (TPSA) is 72.9 Å². The lowest BCUT2D eigenvalue weighted by molar-refractivity contribution is 0.496. The fraction of sp³-hybridized carbons (Fsp3) is 0.529. The fourth-order valence-corrected chi connectivity index (χ4v) is 2.83. The maximum absolute atomic E-state index is 4.67. The molecule has 128 valence electrons. The average Bonchev–Trinajstić information content (AvgIpc) is 3.14. The zero-order valence-corrected chi connectivity index (χ0v) is 14.9. The van der Waals surface area contributed by atoms with Gasteiger partial charge in [0.05, 0.1) is 12.2 Å². The van der Waals surface area contributed by atoms with Crippen molar-refractivity contribution < 1.29 is 0 Å². The lowest BCUT2D eigenvalue weighted by Crippen LogP contribution is -2.20. The molecule has 0 amide bonds. The average molecular weight is 327 g/mol. The lowest BCUT2D eigenvalue weighted by Gasteiger charge is -2.22. The van der Waals surface area contributed by atoms with Gasteiger partial charge in [-0.3, -0.25) is 4.68 Å². The van der Waals surface area contributed by atoms with Crippen molar-refractivity contribution in [1.29, 1.82) is 0 Å². The number of fused-ring (bicyclic) bond motifs is 1. The van der Waals surface area contributed by atoms with Crippen molar-refractivity contribution in [2.24, 2.45) is 13.0 Å². The molecule has 1 N–H and O–H groups in total. The summed E-state index contributed by atoms with van der Waals surface area (Å²) >= 11 is 0. The van der Waals surface area contributed by atoms with Crippen LogP contribution < -0.4 is 5.32 Å². The van der Waals surface area contributed by atoms with Gasteiger partial charge in [0.15, 0.2) is 5.65 Å². The third kappa shape index (κ3) is 3.25. The standard InChI is InChI=1S/C17H25N7/c1-11(2)8-14(17-18-10-20-23(17)5)22-16-9-13(12(3)4)21-15-6-7-19-24(15)16/h6-7,9-12,14,22H,8H2,1-5H3/t14-/m0/s1. The second-order valence-electron chi connectivity index (χ2n) is 6.89. The Bertz CT molecular complexity index is 815. The first-order valence-electron chi connectivity index (χ1n) is 8.40. The Balaban J connectivity index is 2.01. The number of nitrogens with zero attached hydrogens (tertiary/aromatic N) is 6. The van der Waals surface area contributed by atoms with Gasteiger partial charge in [0.1, 0.15) is 18.0 Å². The highest BCUT2D eigenvalue weighted by atomic mass is 15.3. The number of anilines is 1. The molecule has 3 rings (SSSR count). The van der Waals surface area contributed by atoms with Crippen molar-refractivity contribution in [1.82, 2.24) is 29.4 Å². The van der Waals surface area contributed by atoms with Crippen molar-refractivity contribution >= 4 is 11.5 Å². The molecule has 0 aliphatic heterocycles. The normalized spacial score (nSPS) is 13.1. The number of hydrogen-bond donors (Lipinski definition) is 1. The van der Waals surface area contributed by atoms with Crippen molar-refractivity contribution in [3.05, 3.63) is 36.2 Å². The van der Waals surface area contributed by atoms with Gasteiger partial charge in [-0.05, 0) is 18.3 Å². The summed E-state index contributed by atoms with van der Waals surface area (Å²) in [7, 11) is 1.92. The summed E-state index contributed by atoms with van der Waals surface area (Å²) in [6.07, 6.45) is 4.33. The van der Waals surface area contributed by atoms with E-state index in [0.717, 1.165) is 29.4 Å². The first-order valence-corrected chi connectivity index (χ1v) is 8.40. The third-order valence-corrected chi connectivity index (χ3v) is 4.06. The number of rotatable bonds is 6. The summed E-state index contributed by atoms with van der Waals surface area (Å²) in [6, 6.07) is 4.07. The highest BCUT2D eigenvalue weighted by Gasteiger charge is 2.20. The Morgan fingerprint density at radius 3 is 2.58 bits per heavy atom. The van der Waals surface area contributed by atoms with E-state index in [-0.39, 0.29) is 6.04 Å². The minimum atomic E-state index is 0.0623. The summed E-state index contributed by atoms with van der Waals surface area (Å²) in [5.74, 6) is 2.73. The van der Waals surface area contributed by atoms with Gasteiger partial charge in [0.25, 0.3) is 0 Å². The van der Waals surface area contributed by atoms with Gasteiger partial charge in [0.2, 0.25) is 0 Å². The zero-order valence-electron chi connectivity index (χ0n) is 14.9. The predicted octanol–water partition coefficient (Wildman–Crippen LogP) is 3.18. The first-order chi connectivity index (χ1) is 11.5. The van der Waals surface area contributed by atoms with Crippen LogP contribution in [0.15, 0.2) is 24.7 Å². The molecule has 0 unspecified atom stereocenters. The number of aryl methyl sites for hydroxylation is 1. The molecular weight excluding hydrogens is 302 g/mol. The summed E-state index contributed by atoms with van der Waals surface area (Å²) in [6.45, 7) is 8.71. The van der Waals surface area contributed by atoms with Crippen LogP contribution in [-0.4, -0.2) is 29.4 Å². The number of nitrogens with one attached hydrogen (secondary N) is 1. The SMILES string of the molecule is CC(C)C[C@H](Nc1cc(C(C)C)nc2ccnn12)c1ncnn1C. The molecule has 1 atom stereocenters. The minimum absolute atomic E-state index is 0.0623. The summed E-state index contributed by atoms with van der Waals surface area (Å²) in [5, 5.41) is 12.2. The zero-order chi connectivity index (χ0) is 17.3.